The molecule has 2 aliphatic rings. The Balaban J connectivity index is 2.01. The van der Waals surface area contributed by atoms with Crippen LogP contribution in [-0.2, 0) is 13.0 Å². The molecule has 3 heterocycles. The normalized spacial score (nSPS) is 19.9. The highest BCUT2D eigenvalue weighted by Crippen LogP contribution is 2.11. The Kier molecular flexibility index (Phi) is 2.06. The predicted octanol–water partition coefficient (Wildman–Crippen LogP) is -0.398. The van der Waals surface area contributed by atoms with E-state index in [-0.39, 0.29) is 0 Å². The predicted molar refractivity (Wildman–Crippen MR) is 56.2 cm³/mol. The van der Waals surface area contributed by atoms with Gasteiger partial charge in [-0.25, -0.2) is 9.98 Å². The van der Waals surface area contributed by atoms with Gasteiger partial charge in [0.05, 0.1) is 5.69 Å². The van der Waals surface area contributed by atoms with Crippen molar-refractivity contribution < 1.29 is 0 Å². The summed E-state index contributed by atoms with van der Waals surface area (Å²) in [6.45, 7) is 2.56. The number of hydrogen-bond donors (Lipinski definition) is 1. The first-order valence-electron chi connectivity index (χ1n) is 5.16. The number of nitrogens with one attached hydrogen (secondary N) is 1. The third kappa shape index (κ3) is 1.46. The SMILES string of the molecule is C1=NC(n2nnc3c2CCNC3)=NCC1. The van der Waals surface area contributed by atoms with Crippen molar-refractivity contribution in [2.45, 2.75) is 19.4 Å². The summed E-state index contributed by atoms with van der Waals surface area (Å²) in [5.74, 6) is 0.678. The van der Waals surface area contributed by atoms with Gasteiger partial charge < -0.3 is 5.32 Å². The highest BCUT2D eigenvalue weighted by atomic mass is 15.5. The summed E-state index contributed by atoms with van der Waals surface area (Å²) in [5.41, 5.74) is 2.16. The number of nitrogens with zero attached hydrogens (tertiary/aromatic N) is 5. The maximum atomic E-state index is 4.34. The summed E-state index contributed by atoms with van der Waals surface area (Å²) >= 11 is 0. The first kappa shape index (κ1) is 8.72. The van der Waals surface area contributed by atoms with E-state index in [2.05, 4.69) is 25.6 Å². The summed E-state index contributed by atoms with van der Waals surface area (Å²) in [7, 11) is 0. The van der Waals surface area contributed by atoms with Gasteiger partial charge in [-0.1, -0.05) is 5.21 Å². The topological polar surface area (TPSA) is 67.5 Å². The number of aliphatic imine (C=N–C) groups is 2. The molecule has 0 bridgehead atoms. The fourth-order valence-corrected chi connectivity index (χ4v) is 1.83. The average molecular weight is 204 g/mol. The molecular formula is C9H12N6. The van der Waals surface area contributed by atoms with E-state index in [1.54, 1.807) is 4.68 Å². The summed E-state index contributed by atoms with van der Waals surface area (Å²) in [5, 5.41) is 11.5. The van der Waals surface area contributed by atoms with Gasteiger partial charge in [-0.2, -0.15) is 4.68 Å². The third-order valence-electron chi connectivity index (χ3n) is 2.58. The molecule has 1 aromatic heterocycles. The van der Waals surface area contributed by atoms with E-state index in [1.165, 1.54) is 0 Å². The van der Waals surface area contributed by atoms with Crippen molar-refractivity contribution in [1.82, 2.24) is 20.3 Å². The number of hydrogen-bond acceptors (Lipinski definition) is 5. The zero-order chi connectivity index (χ0) is 10.1. The Bertz CT molecular complexity index is 430. The quantitative estimate of drug-likeness (QED) is 0.625. The van der Waals surface area contributed by atoms with E-state index in [4.69, 9.17) is 0 Å². The van der Waals surface area contributed by atoms with Crippen molar-refractivity contribution in [3.05, 3.63) is 11.4 Å². The van der Waals surface area contributed by atoms with Gasteiger partial charge in [0, 0.05) is 38.7 Å². The van der Waals surface area contributed by atoms with Crippen molar-refractivity contribution in [3.63, 3.8) is 0 Å². The van der Waals surface area contributed by atoms with Gasteiger partial charge in [0.1, 0.15) is 5.69 Å². The van der Waals surface area contributed by atoms with E-state index in [9.17, 15) is 0 Å². The van der Waals surface area contributed by atoms with Gasteiger partial charge in [0.15, 0.2) is 0 Å². The van der Waals surface area contributed by atoms with Crippen molar-refractivity contribution in [3.8, 4) is 0 Å². The van der Waals surface area contributed by atoms with E-state index in [0.717, 1.165) is 43.9 Å². The molecule has 6 heteroatoms. The van der Waals surface area contributed by atoms with E-state index in [0.29, 0.717) is 5.96 Å². The lowest BCUT2D eigenvalue weighted by atomic mass is 10.2. The minimum absolute atomic E-state index is 0.678. The Morgan fingerprint density at radius 3 is 3.27 bits per heavy atom. The molecule has 6 nitrogen and oxygen atoms in total. The first-order chi connectivity index (χ1) is 7.45. The van der Waals surface area contributed by atoms with Crippen LogP contribution in [0.4, 0.5) is 0 Å². The Morgan fingerprint density at radius 2 is 2.40 bits per heavy atom. The maximum absolute atomic E-state index is 4.34. The van der Waals surface area contributed by atoms with Crippen LogP contribution in [0.3, 0.4) is 0 Å². The molecule has 0 unspecified atom stereocenters. The van der Waals surface area contributed by atoms with Gasteiger partial charge in [-0.3, -0.25) is 0 Å². The largest absolute Gasteiger partial charge is 0.311 e. The van der Waals surface area contributed by atoms with Crippen molar-refractivity contribution in [2.75, 3.05) is 13.1 Å². The molecule has 0 saturated heterocycles. The van der Waals surface area contributed by atoms with Crippen molar-refractivity contribution >= 4 is 12.2 Å². The summed E-state index contributed by atoms with van der Waals surface area (Å²) in [6.07, 6.45) is 3.75. The lowest BCUT2D eigenvalue weighted by molar-refractivity contribution is 0.621. The van der Waals surface area contributed by atoms with E-state index in [1.807, 2.05) is 6.21 Å². The molecule has 3 rings (SSSR count). The maximum Gasteiger partial charge on any atom is 0.247 e. The molecule has 0 spiro atoms. The molecule has 1 N–H and O–H groups in total. The second-order valence-electron chi connectivity index (χ2n) is 3.60. The zero-order valence-corrected chi connectivity index (χ0v) is 8.35. The van der Waals surface area contributed by atoms with Crippen LogP contribution in [0.15, 0.2) is 9.98 Å². The van der Waals surface area contributed by atoms with Crippen LogP contribution in [0.2, 0.25) is 0 Å². The summed E-state index contributed by atoms with van der Waals surface area (Å²) < 4.78 is 1.77. The lowest BCUT2D eigenvalue weighted by Gasteiger charge is -2.13. The molecule has 78 valence electrons. The van der Waals surface area contributed by atoms with Gasteiger partial charge in [0.25, 0.3) is 0 Å². The molecule has 0 fully saturated rings. The minimum Gasteiger partial charge on any atom is -0.311 e. The van der Waals surface area contributed by atoms with E-state index >= 15 is 0 Å². The smallest absolute Gasteiger partial charge is 0.247 e. The molecule has 1 aromatic rings. The van der Waals surface area contributed by atoms with E-state index < -0.39 is 0 Å². The minimum atomic E-state index is 0.678. The van der Waals surface area contributed by atoms with Crippen LogP contribution in [-0.4, -0.2) is 40.3 Å². The molecule has 0 atom stereocenters. The van der Waals surface area contributed by atoms with Crippen LogP contribution >= 0.6 is 0 Å². The van der Waals surface area contributed by atoms with Crippen LogP contribution in [0.5, 0.6) is 0 Å². The van der Waals surface area contributed by atoms with Crippen LogP contribution < -0.4 is 5.32 Å². The monoisotopic (exact) mass is 204 g/mol. The highest BCUT2D eigenvalue weighted by Gasteiger charge is 2.19. The summed E-state index contributed by atoms with van der Waals surface area (Å²) in [6, 6.07) is 0. The van der Waals surface area contributed by atoms with Gasteiger partial charge >= 0.3 is 0 Å². The third-order valence-corrected chi connectivity index (χ3v) is 2.58. The molecule has 0 amide bonds. The Morgan fingerprint density at radius 1 is 1.40 bits per heavy atom. The number of aromatic nitrogens is 3. The molecule has 15 heavy (non-hydrogen) atoms. The fraction of sp³-hybridized carbons (Fsp3) is 0.556. The number of fused-ring (bicyclic) bond motifs is 1. The van der Waals surface area contributed by atoms with Crippen LogP contribution in [0.25, 0.3) is 0 Å². The first-order valence-corrected chi connectivity index (χ1v) is 5.16. The molecular weight excluding hydrogens is 192 g/mol. The van der Waals surface area contributed by atoms with Gasteiger partial charge in [-0.15, -0.1) is 5.10 Å². The second-order valence-corrected chi connectivity index (χ2v) is 3.60. The lowest BCUT2D eigenvalue weighted by Crippen LogP contribution is -2.27. The fourth-order valence-electron chi connectivity index (χ4n) is 1.83. The Labute approximate surface area is 87.1 Å². The molecule has 0 aliphatic carbocycles. The molecule has 2 aliphatic heterocycles. The Hall–Kier alpha value is -1.56. The van der Waals surface area contributed by atoms with Crippen LogP contribution in [0.1, 0.15) is 17.8 Å². The van der Waals surface area contributed by atoms with Crippen molar-refractivity contribution in [1.29, 1.82) is 0 Å². The van der Waals surface area contributed by atoms with Crippen molar-refractivity contribution in [2.24, 2.45) is 9.98 Å². The second kappa shape index (κ2) is 3.54. The zero-order valence-electron chi connectivity index (χ0n) is 8.35. The molecule has 0 aromatic carbocycles. The standard InChI is InChI=1S/C9H12N6/c1-3-11-9(12-4-1)15-8-2-5-10-6-7(8)13-14-15/h3,10H,1-2,4-6H2. The molecule has 0 radical (unpaired) electrons. The van der Waals surface area contributed by atoms with Gasteiger partial charge in [-0.05, 0) is 0 Å². The number of rotatable bonds is 0. The van der Waals surface area contributed by atoms with Crippen LogP contribution in [0, 0.1) is 0 Å². The highest BCUT2D eigenvalue weighted by molar-refractivity contribution is 5.90. The summed E-state index contributed by atoms with van der Waals surface area (Å²) in [4.78, 5) is 8.58. The van der Waals surface area contributed by atoms with Gasteiger partial charge in [0.2, 0.25) is 5.96 Å². The average Bonchev–Trinajstić information content (AvgIpc) is 2.74. The molecule has 0 saturated carbocycles.